The number of nitrogens with zero attached hydrogens (tertiary/aromatic N) is 2. The Bertz CT molecular complexity index is 452. The molecule has 1 aromatic rings. The van der Waals surface area contributed by atoms with E-state index in [-0.39, 0.29) is 6.61 Å². The van der Waals surface area contributed by atoms with E-state index in [0.717, 1.165) is 25.3 Å². The van der Waals surface area contributed by atoms with Gasteiger partial charge in [0.1, 0.15) is 12.4 Å². The summed E-state index contributed by atoms with van der Waals surface area (Å²) in [6.07, 6.45) is 4.65. The summed E-state index contributed by atoms with van der Waals surface area (Å²) in [5.74, 6) is 0.750. The van der Waals surface area contributed by atoms with Crippen LogP contribution in [0.15, 0.2) is 24.3 Å². The van der Waals surface area contributed by atoms with Gasteiger partial charge in [0.05, 0.1) is 11.6 Å². The maximum Gasteiger partial charge on any atom is 0.120 e. The Hall–Kier alpha value is -1.57. The molecule has 0 amide bonds. The molecule has 0 bridgehead atoms. The molecule has 1 aromatic carbocycles. The molecule has 0 heterocycles. The Balaban J connectivity index is 1.78. The van der Waals surface area contributed by atoms with E-state index in [4.69, 9.17) is 15.1 Å². The van der Waals surface area contributed by atoms with Crippen LogP contribution in [0.4, 0.5) is 0 Å². The minimum absolute atomic E-state index is 0.244. The van der Waals surface area contributed by atoms with E-state index in [1.54, 1.807) is 12.1 Å². The molecular weight excluding hydrogens is 252 g/mol. The zero-order valence-corrected chi connectivity index (χ0v) is 11.8. The fourth-order valence-corrected chi connectivity index (χ4v) is 2.44. The van der Waals surface area contributed by atoms with Crippen molar-refractivity contribution >= 4 is 0 Å². The SMILES string of the molecule is N#Cc1cccc(OCCN(CCCO)C2CCC2)c1. The van der Waals surface area contributed by atoms with Crippen molar-refractivity contribution in [3.8, 4) is 11.8 Å². The summed E-state index contributed by atoms with van der Waals surface area (Å²) in [7, 11) is 0. The van der Waals surface area contributed by atoms with Gasteiger partial charge in [0.25, 0.3) is 0 Å². The third-order valence-corrected chi connectivity index (χ3v) is 3.80. The van der Waals surface area contributed by atoms with Crippen LogP contribution in [0.3, 0.4) is 0 Å². The highest BCUT2D eigenvalue weighted by molar-refractivity contribution is 5.36. The van der Waals surface area contributed by atoms with Crippen LogP contribution in [0.2, 0.25) is 0 Å². The predicted molar refractivity (Wildman–Crippen MR) is 77.6 cm³/mol. The smallest absolute Gasteiger partial charge is 0.120 e. The number of rotatable bonds is 8. The van der Waals surface area contributed by atoms with Crippen molar-refractivity contribution in [3.05, 3.63) is 29.8 Å². The van der Waals surface area contributed by atoms with Crippen LogP contribution in [0.5, 0.6) is 5.75 Å². The van der Waals surface area contributed by atoms with Crippen LogP contribution in [-0.2, 0) is 0 Å². The topological polar surface area (TPSA) is 56.5 Å². The van der Waals surface area contributed by atoms with E-state index in [9.17, 15) is 0 Å². The second-order valence-electron chi connectivity index (χ2n) is 5.19. The minimum atomic E-state index is 0.244. The number of hydrogen-bond donors (Lipinski definition) is 1. The fourth-order valence-electron chi connectivity index (χ4n) is 2.44. The summed E-state index contributed by atoms with van der Waals surface area (Å²) >= 11 is 0. The molecule has 0 saturated heterocycles. The first kappa shape index (κ1) is 14.8. The second kappa shape index (κ2) is 7.88. The van der Waals surface area contributed by atoms with E-state index in [1.807, 2.05) is 12.1 Å². The standard InChI is InChI=1S/C16H22N2O2/c17-13-14-4-1-7-16(12-14)20-11-9-18(8-3-10-19)15-5-2-6-15/h1,4,7,12,15,19H,2-3,5-6,8-11H2. The molecular formula is C16H22N2O2. The Morgan fingerprint density at radius 2 is 2.20 bits per heavy atom. The highest BCUT2D eigenvalue weighted by Crippen LogP contribution is 2.24. The number of hydrogen-bond acceptors (Lipinski definition) is 4. The van der Waals surface area contributed by atoms with Crippen molar-refractivity contribution in [1.29, 1.82) is 5.26 Å². The summed E-state index contributed by atoms with van der Waals surface area (Å²) in [6.45, 7) is 2.68. The molecule has 2 rings (SSSR count). The lowest BCUT2D eigenvalue weighted by Crippen LogP contribution is -2.43. The van der Waals surface area contributed by atoms with Gasteiger partial charge < -0.3 is 9.84 Å². The van der Waals surface area contributed by atoms with Crippen molar-refractivity contribution in [3.63, 3.8) is 0 Å². The van der Waals surface area contributed by atoms with E-state index >= 15 is 0 Å². The molecule has 4 nitrogen and oxygen atoms in total. The highest BCUT2D eigenvalue weighted by Gasteiger charge is 2.24. The molecule has 1 saturated carbocycles. The van der Waals surface area contributed by atoms with Crippen molar-refractivity contribution in [2.45, 2.75) is 31.7 Å². The minimum Gasteiger partial charge on any atom is -0.492 e. The molecule has 0 aromatic heterocycles. The van der Waals surface area contributed by atoms with Gasteiger partial charge in [-0.3, -0.25) is 4.90 Å². The lowest BCUT2D eigenvalue weighted by molar-refractivity contribution is 0.0984. The molecule has 1 aliphatic carbocycles. The molecule has 108 valence electrons. The summed E-state index contributed by atoms with van der Waals surface area (Å²) in [5.41, 5.74) is 0.624. The van der Waals surface area contributed by atoms with Crippen molar-refractivity contribution < 1.29 is 9.84 Å². The molecule has 0 radical (unpaired) electrons. The molecule has 0 aliphatic heterocycles. The van der Waals surface area contributed by atoms with Gasteiger partial charge in [-0.05, 0) is 37.5 Å². The first-order valence-electron chi connectivity index (χ1n) is 7.31. The van der Waals surface area contributed by atoms with Crippen LogP contribution in [0.25, 0.3) is 0 Å². The molecule has 4 heteroatoms. The van der Waals surface area contributed by atoms with Crippen molar-refractivity contribution in [2.24, 2.45) is 0 Å². The maximum absolute atomic E-state index is 8.96. The van der Waals surface area contributed by atoms with Gasteiger partial charge >= 0.3 is 0 Å². The normalized spacial score (nSPS) is 14.8. The molecule has 0 spiro atoms. The van der Waals surface area contributed by atoms with Gasteiger partial charge in [-0.2, -0.15) is 5.26 Å². The number of nitriles is 1. The van der Waals surface area contributed by atoms with Gasteiger partial charge in [0, 0.05) is 25.7 Å². The monoisotopic (exact) mass is 274 g/mol. The van der Waals surface area contributed by atoms with E-state index in [1.165, 1.54) is 19.3 Å². The molecule has 1 fully saturated rings. The number of aliphatic hydroxyl groups is 1. The maximum atomic E-state index is 8.96. The Morgan fingerprint density at radius 3 is 2.85 bits per heavy atom. The molecule has 0 unspecified atom stereocenters. The summed E-state index contributed by atoms with van der Waals surface area (Å²) in [6, 6.07) is 10.0. The van der Waals surface area contributed by atoms with Crippen LogP contribution >= 0.6 is 0 Å². The fraction of sp³-hybridized carbons (Fsp3) is 0.562. The Kier molecular flexibility index (Phi) is 5.85. The summed E-state index contributed by atoms with van der Waals surface area (Å²) < 4.78 is 5.72. The summed E-state index contributed by atoms with van der Waals surface area (Å²) in [5, 5.41) is 17.8. The largest absolute Gasteiger partial charge is 0.492 e. The predicted octanol–water partition coefficient (Wildman–Crippen LogP) is 2.17. The van der Waals surface area contributed by atoms with E-state index in [0.29, 0.717) is 18.2 Å². The third kappa shape index (κ3) is 4.22. The number of benzene rings is 1. The van der Waals surface area contributed by atoms with Crippen LogP contribution in [0.1, 0.15) is 31.2 Å². The van der Waals surface area contributed by atoms with E-state index < -0.39 is 0 Å². The van der Waals surface area contributed by atoms with Gasteiger partial charge in [-0.1, -0.05) is 12.5 Å². The average molecular weight is 274 g/mol. The third-order valence-electron chi connectivity index (χ3n) is 3.80. The first-order valence-corrected chi connectivity index (χ1v) is 7.31. The lowest BCUT2D eigenvalue weighted by atomic mass is 9.91. The van der Waals surface area contributed by atoms with Gasteiger partial charge in [0.2, 0.25) is 0 Å². The first-order chi connectivity index (χ1) is 9.83. The zero-order valence-electron chi connectivity index (χ0n) is 11.8. The molecule has 0 atom stereocenters. The van der Waals surface area contributed by atoms with Crippen LogP contribution in [0, 0.1) is 11.3 Å². The zero-order chi connectivity index (χ0) is 14.2. The lowest BCUT2D eigenvalue weighted by Gasteiger charge is -2.37. The van der Waals surface area contributed by atoms with Gasteiger partial charge in [0.15, 0.2) is 0 Å². The average Bonchev–Trinajstić information content (AvgIpc) is 2.43. The van der Waals surface area contributed by atoms with Gasteiger partial charge in [-0.15, -0.1) is 0 Å². The number of aliphatic hydroxyl groups excluding tert-OH is 1. The number of ether oxygens (including phenoxy) is 1. The highest BCUT2D eigenvalue weighted by atomic mass is 16.5. The second-order valence-corrected chi connectivity index (χ2v) is 5.19. The molecule has 1 N–H and O–H groups in total. The molecule has 20 heavy (non-hydrogen) atoms. The summed E-state index contributed by atoms with van der Waals surface area (Å²) in [4.78, 5) is 2.41. The van der Waals surface area contributed by atoms with E-state index in [2.05, 4.69) is 11.0 Å². The van der Waals surface area contributed by atoms with Crippen molar-refractivity contribution in [2.75, 3.05) is 26.3 Å². The quantitative estimate of drug-likeness (QED) is 0.789. The Morgan fingerprint density at radius 1 is 1.35 bits per heavy atom. The van der Waals surface area contributed by atoms with Crippen molar-refractivity contribution in [1.82, 2.24) is 4.90 Å². The van der Waals surface area contributed by atoms with Crippen LogP contribution in [-0.4, -0.2) is 42.4 Å². The van der Waals surface area contributed by atoms with Gasteiger partial charge in [-0.25, -0.2) is 0 Å². The Labute approximate surface area is 120 Å². The molecule has 1 aliphatic rings. The van der Waals surface area contributed by atoms with Crippen LogP contribution < -0.4 is 4.74 Å².